The molecule has 4 aromatic carbocycles. The van der Waals surface area contributed by atoms with Crippen LogP contribution in [-0.4, -0.2) is 18.4 Å². The molecule has 0 atom stereocenters. The quantitative estimate of drug-likeness (QED) is 0.405. The summed E-state index contributed by atoms with van der Waals surface area (Å²) in [7, 11) is 0. The van der Waals surface area contributed by atoms with Gasteiger partial charge in [0.1, 0.15) is 0 Å². The first-order valence-corrected chi connectivity index (χ1v) is 15.0. The molecule has 0 aliphatic carbocycles. The molecule has 0 heterocycles. The SMILES string of the molecule is C=Cc1cccc[c]1[Sn]([c]1ccccc1)([c]1ccccc1)[c]1ccccc1. The maximum atomic E-state index is 4.12. The molecule has 27 heavy (non-hydrogen) atoms. The number of rotatable bonds is 5. The molecule has 0 aliphatic rings. The number of benzene rings is 4. The van der Waals surface area contributed by atoms with Crippen molar-refractivity contribution < 1.29 is 0 Å². The molecule has 0 fully saturated rings. The zero-order chi connectivity index (χ0) is 18.5. The van der Waals surface area contributed by atoms with E-state index < -0.39 is 18.4 Å². The Kier molecular flexibility index (Phi) is 5.26. The molecule has 0 amide bonds. The summed E-state index contributed by atoms with van der Waals surface area (Å²) in [6.45, 7) is 4.12. The molecule has 0 nitrogen and oxygen atoms in total. The second-order valence-corrected chi connectivity index (χ2v) is 17.4. The Balaban J connectivity index is 2.18. The van der Waals surface area contributed by atoms with Crippen molar-refractivity contribution >= 4 is 38.8 Å². The van der Waals surface area contributed by atoms with Crippen molar-refractivity contribution in [3.8, 4) is 0 Å². The van der Waals surface area contributed by atoms with Crippen molar-refractivity contribution in [2.45, 2.75) is 0 Å². The summed E-state index contributed by atoms with van der Waals surface area (Å²) in [4.78, 5) is 0. The van der Waals surface area contributed by atoms with E-state index >= 15 is 0 Å². The normalized spacial score (nSPS) is 11.1. The Morgan fingerprint density at radius 3 is 1.26 bits per heavy atom. The van der Waals surface area contributed by atoms with Gasteiger partial charge < -0.3 is 0 Å². The third-order valence-corrected chi connectivity index (χ3v) is 19.1. The first-order valence-electron chi connectivity index (χ1n) is 9.26. The summed E-state index contributed by atoms with van der Waals surface area (Å²) >= 11 is -3.48. The number of hydrogen-bond acceptors (Lipinski definition) is 0. The summed E-state index contributed by atoms with van der Waals surface area (Å²) in [6.07, 6.45) is 2.01. The molecule has 0 aromatic heterocycles. The number of hydrogen-bond donors (Lipinski definition) is 0. The average molecular weight is 453 g/mol. The predicted octanol–water partition coefficient (Wildman–Crippen LogP) is 3.71. The van der Waals surface area contributed by atoms with Gasteiger partial charge in [-0.15, -0.1) is 0 Å². The van der Waals surface area contributed by atoms with Crippen LogP contribution in [0.5, 0.6) is 0 Å². The molecule has 4 aromatic rings. The molecular weight excluding hydrogens is 431 g/mol. The van der Waals surface area contributed by atoms with Crippen LogP contribution in [0.25, 0.3) is 6.08 Å². The fourth-order valence-electron chi connectivity index (χ4n) is 4.05. The van der Waals surface area contributed by atoms with E-state index in [9.17, 15) is 0 Å². The Labute approximate surface area is 165 Å². The summed E-state index contributed by atoms with van der Waals surface area (Å²) in [6, 6.07) is 42.0. The topological polar surface area (TPSA) is 0 Å². The Hall–Kier alpha value is -2.58. The van der Waals surface area contributed by atoms with Gasteiger partial charge in [0.2, 0.25) is 0 Å². The van der Waals surface area contributed by atoms with Gasteiger partial charge in [0, 0.05) is 0 Å². The van der Waals surface area contributed by atoms with E-state index in [1.807, 2.05) is 6.08 Å². The van der Waals surface area contributed by atoms with Crippen molar-refractivity contribution in [3.63, 3.8) is 0 Å². The molecule has 0 aliphatic heterocycles. The summed E-state index contributed by atoms with van der Waals surface area (Å²) in [5.74, 6) is 0. The minimum atomic E-state index is -3.48. The predicted molar refractivity (Wildman–Crippen MR) is 120 cm³/mol. The van der Waals surface area contributed by atoms with Gasteiger partial charge in [-0.05, 0) is 0 Å². The second kappa shape index (κ2) is 7.97. The fraction of sp³-hybridized carbons (Fsp3) is 0. The molecular formula is C26H22Sn. The molecule has 0 unspecified atom stereocenters. The van der Waals surface area contributed by atoms with Gasteiger partial charge in [-0.1, -0.05) is 0 Å². The molecule has 130 valence electrons. The minimum absolute atomic E-state index is 1.24. The molecule has 0 saturated heterocycles. The van der Waals surface area contributed by atoms with Crippen LogP contribution in [0.4, 0.5) is 0 Å². The van der Waals surface area contributed by atoms with E-state index in [0.29, 0.717) is 0 Å². The van der Waals surface area contributed by atoms with Crippen LogP contribution in [0.1, 0.15) is 5.56 Å². The second-order valence-electron chi connectivity index (χ2n) is 6.64. The molecule has 0 spiro atoms. The van der Waals surface area contributed by atoms with E-state index in [1.165, 1.54) is 19.9 Å². The molecule has 4 rings (SSSR count). The monoisotopic (exact) mass is 454 g/mol. The van der Waals surface area contributed by atoms with Crippen LogP contribution in [-0.2, 0) is 0 Å². The Morgan fingerprint density at radius 1 is 0.481 bits per heavy atom. The van der Waals surface area contributed by atoms with Gasteiger partial charge in [0.25, 0.3) is 0 Å². The van der Waals surface area contributed by atoms with Crippen molar-refractivity contribution in [2.24, 2.45) is 0 Å². The van der Waals surface area contributed by atoms with E-state index in [0.717, 1.165) is 0 Å². The van der Waals surface area contributed by atoms with Crippen LogP contribution in [0.15, 0.2) is 122 Å². The summed E-state index contributed by atoms with van der Waals surface area (Å²) < 4.78 is 5.82. The molecule has 0 bridgehead atoms. The molecule has 0 N–H and O–H groups in total. The molecule has 0 radical (unpaired) electrons. The van der Waals surface area contributed by atoms with E-state index in [-0.39, 0.29) is 0 Å². The van der Waals surface area contributed by atoms with Crippen LogP contribution in [0.3, 0.4) is 0 Å². The first kappa shape index (κ1) is 17.8. The van der Waals surface area contributed by atoms with Gasteiger partial charge >= 0.3 is 166 Å². The summed E-state index contributed by atoms with van der Waals surface area (Å²) in [5.41, 5.74) is 1.24. The fourth-order valence-corrected chi connectivity index (χ4v) is 18.2. The van der Waals surface area contributed by atoms with Gasteiger partial charge in [-0.3, -0.25) is 0 Å². The van der Waals surface area contributed by atoms with Crippen molar-refractivity contribution in [2.75, 3.05) is 0 Å². The van der Waals surface area contributed by atoms with Gasteiger partial charge in [-0.25, -0.2) is 0 Å². The molecule has 0 saturated carbocycles. The van der Waals surface area contributed by atoms with E-state index in [1.54, 1.807) is 0 Å². The van der Waals surface area contributed by atoms with Gasteiger partial charge in [-0.2, -0.15) is 0 Å². The first-order chi connectivity index (χ1) is 13.4. The zero-order valence-corrected chi connectivity index (χ0v) is 18.1. The Morgan fingerprint density at radius 2 is 0.852 bits per heavy atom. The van der Waals surface area contributed by atoms with Crippen LogP contribution >= 0.6 is 0 Å². The van der Waals surface area contributed by atoms with E-state index in [2.05, 4.69) is 122 Å². The van der Waals surface area contributed by atoms with Crippen molar-refractivity contribution in [3.05, 3.63) is 127 Å². The zero-order valence-electron chi connectivity index (χ0n) is 15.3. The van der Waals surface area contributed by atoms with Crippen LogP contribution < -0.4 is 14.3 Å². The Bertz CT molecular complexity index is 925. The van der Waals surface area contributed by atoms with Crippen molar-refractivity contribution in [1.82, 2.24) is 0 Å². The van der Waals surface area contributed by atoms with Crippen LogP contribution in [0.2, 0.25) is 0 Å². The average Bonchev–Trinajstić information content (AvgIpc) is 2.77. The van der Waals surface area contributed by atoms with Gasteiger partial charge in [0.15, 0.2) is 0 Å². The van der Waals surface area contributed by atoms with Crippen molar-refractivity contribution in [1.29, 1.82) is 0 Å². The maximum absolute atomic E-state index is 4.12. The van der Waals surface area contributed by atoms with E-state index in [4.69, 9.17) is 0 Å². The van der Waals surface area contributed by atoms with Gasteiger partial charge in [0.05, 0.1) is 0 Å². The standard InChI is InChI=1S/C8H7.3C6H5.Sn/c1-2-8-6-4-3-5-7-8;3*1-2-4-6-5-3-1;/h2-6H,1H2;3*1-5H;. The summed E-state index contributed by atoms with van der Waals surface area (Å²) in [5, 5.41) is 0. The third-order valence-electron chi connectivity index (χ3n) is 5.21. The molecule has 1 heteroatoms. The van der Waals surface area contributed by atoms with Crippen LogP contribution in [0, 0.1) is 0 Å². The third kappa shape index (κ3) is 3.15.